The van der Waals surface area contributed by atoms with Crippen LogP contribution >= 0.6 is 0 Å². The molecular formula is C13H18N4. The molecule has 0 amide bonds. The second-order valence-corrected chi connectivity index (χ2v) is 4.29. The van der Waals surface area contributed by atoms with Crippen molar-refractivity contribution in [3.63, 3.8) is 0 Å². The molecule has 2 aromatic heterocycles. The molecule has 2 rings (SSSR count). The van der Waals surface area contributed by atoms with Crippen LogP contribution < -0.4 is 5.73 Å². The molecule has 0 saturated heterocycles. The lowest BCUT2D eigenvalue weighted by atomic mass is 10.0. The van der Waals surface area contributed by atoms with E-state index >= 15 is 0 Å². The Morgan fingerprint density at radius 1 is 1.24 bits per heavy atom. The molecule has 0 aliphatic rings. The van der Waals surface area contributed by atoms with E-state index in [9.17, 15) is 0 Å². The van der Waals surface area contributed by atoms with E-state index in [-0.39, 0.29) is 6.04 Å². The molecule has 17 heavy (non-hydrogen) atoms. The van der Waals surface area contributed by atoms with E-state index < -0.39 is 0 Å². The van der Waals surface area contributed by atoms with E-state index in [1.54, 1.807) is 0 Å². The molecule has 0 spiro atoms. The van der Waals surface area contributed by atoms with Crippen molar-refractivity contribution >= 4 is 0 Å². The van der Waals surface area contributed by atoms with E-state index in [2.05, 4.69) is 17.0 Å². The van der Waals surface area contributed by atoms with Crippen molar-refractivity contribution in [2.45, 2.75) is 33.4 Å². The van der Waals surface area contributed by atoms with Gasteiger partial charge in [0.1, 0.15) is 0 Å². The first-order valence-corrected chi connectivity index (χ1v) is 5.83. The maximum absolute atomic E-state index is 6.24. The van der Waals surface area contributed by atoms with Crippen molar-refractivity contribution in [3.05, 3.63) is 47.0 Å². The summed E-state index contributed by atoms with van der Waals surface area (Å²) in [6, 6.07) is 3.93. The SMILES string of the molecule is CCn1cc(C(N)c2cc(C)nc(C)c2)cn1. The number of aryl methyl sites for hydroxylation is 3. The second-order valence-electron chi connectivity index (χ2n) is 4.29. The Hall–Kier alpha value is -1.68. The zero-order chi connectivity index (χ0) is 12.4. The molecule has 0 radical (unpaired) electrons. The third kappa shape index (κ3) is 2.53. The Bertz CT molecular complexity index is 496. The highest BCUT2D eigenvalue weighted by Crippen LogP contribution is 2.20. The van der Waals surface area contributed by atoms with Crippen molar-refractivity contribution in [2.75, 3.05) is 0 Å². The van der Waals surface area contributed by atoms with Gasteiger partial charge in [0.05, 0.1) is 12.2 Å². The van der Waals surface area contributed by atoms with Crippen LogP contribution in [0.5, 0.6) is 0 Å². The van der Waals surface area contributed by atoms with Gasteiger partial charge in [0.2, 0.25) is 0 Å². The highest BCUT2D eigenvalue weighted by atomic mass is 15.3. The normalized spacial score (nSPS) is 12.7. The Balaban J connectivity index is 2.32. The third-order valence-electron chi connectivity index (χ3n) is 2.80. The monoisotopic (exact) mass is 230 g/mol. The van der Waals surface area contributed by atoms with Crippen molar-refractivity contribution < 1.29 is 0 Å². The summed E-state index contributed by atoms with van der Waals surface area (Å²) in [5.74, 6) is 0. The standard InChI is InChI=1S/C13H18N4/c1-4-17-8-12(7-15-17)13(14)11-5-9(2)16-10(3)6-11/h5-8,13H,4,14H2,1-3H3. The molecular weight excluding hydrogens is 212 g/mol. The van der Waals surface area contributed by atoms with E-state index in [0.717, 1.165) is 29.1 Å². The van der Waals surface area contributed by atoms with Gasteiger partial charge < -0.3 is 5.73 Å². The van der Waals surface area contributed by atoms with Crippen molar-refractivity contribution in [1.82, 2.24) is 14.8 Å². The molecule has 2 N–H and O–H groups in total. The molecule has 0 saturated carbocycles. The van der Waals surface area contributed by atoms with Gasteiger partial charge in [-0.05, 0) is 38.5 Å². The number of nitrogens with two attached hydrogens (primary N) is 1. The van der Waals surface area contributed by atoms with Gasteiger partial charge in [-0.2, -0.15) is 5.10 Å². The fourth-order valence-corrected chi connectivity index (χ4v) is 1.95. The molecule has 0 aromatic carbocycles. The van der Waals surface area contributed by atoms with Gasteiger partial charge in [0, 0.05) is 29.7 Å². The van der Waals surface area contributed by atoms with E-state index in [1.807, 2.05) is 43.1 Å². The fraction of sp³-hybridized carbons (Fsp3) is 0.385. The van der Waals surface area contributed by atoms with Gasteiger partial charge in [-0.1, -0.05) is 0 Å². The van der Waals surface area contributed by atoms with Crippen LogP contribution in [-0.2, 0) is 6.54 Å². The number of hydrogen-bond acceptors (Lipinski definition) is 3. The summed E-state index contributed by atoms with van der Waals surface area (Å²) in [5.41, 5.74) is 10.4. The first-order valence-electron chi connectivity index (χ1n) is 5.83. The van der Waals surface area contributed by atoms with Crippen molar-refractivity contribution in [3.8, 4) is 0 Å². The Kier molecular flexibility index (Phi) is 3.24. The molecule has 4 heteroatoms. The summed E-state index contributed by atoms with van der Waals surface area (Å²) in [7, 11) is 0. The predicted octanol–water partition coefficient (Wildman–Crippen LogP) is 1.96. The minimum Gasteiger partial charge on any atom is -0.320 e. The molecule has 1 unspecified atom stereocenters. The Morgan fingerprint density at radius 2 is 1.88 bits per heavy atom. The largest absolute Gasteiger partial charge is 0.320 e. The van der Waals surface area contributed by atoms with Crippen molar-refractivity contribution in [2.24, 2.45) is 5.73 Å². The molecule has 0 aliphatic heterocycles. The zero-order valence-electron chi connectivity index (χ0n) is 10.5. The lowest BCUT2D eigenvalue weighted by Crippen LogP contribution is -2.12. The van der Waals surface area contributed by atoms with Gasteiger partial charge in [-0.3, -0.25) is 9.67 Å². The zero-order valence-corrected chi connectivity index (χ0v) is 10.5. The summed E-state index contributed by atoms with van der Waals surface area (Å²) in [6.07, 6.45) is 3.83. The lowest BCUT2D eigenvalue weighted by molar-refractivity contribution is 0.658. The Labute approximate surface area is 101 Å². The maximum atomic E-state index is 6.24. The van der Waals surface area contributed by atoms with Crippen molar-refractivity contribution in [1.29, 1.82) is 0 Å². The van der Waals surface area contributed by atoms with E-state index in [4.69, 9.17) is 5.73 Å². The molecule has 90 valence electrons. The number of hydrogen-bond donors (Lipinski definition) is 1. The number of nitrogens with zero attached hydrogens (tertiary/aromatic N) is 3. The smallest absolute Gasteiger partial charge is 0.0584 e. The minimum atomic E-state index is -0.129. The van der Waals surface area contributed by atoms with Gasteiger partial charge in [-0.15, -0.1) is 0 Å². The molecule has 0 bridgehead atoms. The average Bonchev–Trinajstić information content (AvgIpc) is 2.75. The first kappa shape index (κ1) is 11.8. The van der Waals surface area contributed by atoms with E-state index in [1.165, 1.54) is 0 Å². The van der Waals surface area contributed by atoms with Crippen LogP contribution in [0.1, 0.15) is 35.5 Å². The number of aromatic nitrogens is 3. The first-order chi connectivity index (χ1) is 8.10. The average molecular weight is 230 g/mol. The van der Waals surface area contributed by atoms with Gasteiger partial charge >= 0.3 is 0 Å². The van der Waals surface area contributed by atoms with Gasteiger partial charge in [0.15, 0.2) is 0 Å². The van der Waals surface area contributed by atoms with Crippen LogP contribution in [-0.4, -0.2) is 14.8 Å². The van der Waals surface area contributed by atoms with Gasteiger partial charge in [-0.25, -0.2) is 0 Å². The summed E-state index contributed by atoms with van der Waals surface area (Å²) in [4.78, 5) is 4.36. The number of rotatable bonds is 3. The lowest BCUT2D eigenvalue weighted by Gasteiger charge is -2.11. The minimum absolute atomic E-state index is 0.129. The molecule has 0 fully saturated rings. The van der Waals surface area contributed by atoms with Crippen LogP contribution in [0, 0.1) is 13.8 Å². The van der Waals surface area contributed by atoms with Crippen LogP contribution in [0.15, 0.2) is 24.5 Å². The summed E-state index contributed by atoms with van der Waals surface area (Å²) >= 11 is 0. The summed E-state index contributed by atoms with van der Waals surface area (Å²) in [6.45, 7) is 6.89. The topological polar surface area (TPSA) is 56.7 Å². The highest BCUT2D eigenvalue weighted by Gasteiger charge is 2.12. The highest BCUT2D eigenvalue weighted by molar-refractivity contribution is 5.30. The van der Waals surface area contributed by atoms with Crippen LogP contribution in [0.2, 0.25) is 0 Å². The van der Waals surface area contributed by atoms with Gasteiger partial charge in [0.25, 0.3) is 0 Å². The van der Waals surface area contributed by atoms with E-state index in [0.29, 0.717) is 0 Å². The van der Waals surface area contributed by atoms with Crippen LogP contribution in [0.3, 0.4) is 0 Å². The molecule has 4 nitrogen and oxygen atoms in total. The quantitative estimate of drug-likeness (QED) is 0.877. The second kappa shape index (κ2) is 4.67. The fourth-order valence-electron chi connectivity index (χ4n) is 1.95. The molecule has 1 atom stereocenters. The summed E-state index contributed by atoms with van der Waals surface area (Å²) < 4.78 is 1.89. The Morgan fingerprint density at radius 3 is 2.41 bits per heavy atom. The third-order valence-corrected chi connectivity index (χ3v) is 2.80. The molecule has 2 aromatic rings. The number of pyridine rings is 1. The molecule has 2 heterocycles. The van der Waals surface area contributed by atoms with Crippen LogP contribution in [0.4, 0.5) is 0 Å². The maximum Gasteiger partial charge on any atom is 0.0584 e. The van der Waals surface area contributed by atoms with Crippen LogP contribution in [0.25, 0.3) is 0 Å². The predicted molar refractivity (Wildman–Crippen MR) is 67.6 cm³/mol. The molecule has 0 aliphatic carbocycles. The summed E-state index contributed by atoms with van der Waals surface area (Å²) in [5, 5.41) is 4.25.